The van der Waals surface area contributed by atoms with Crippen LogP contribution < -0.4 is 15.8 Å². The minimum atomic E-state index is -3.49. The SMILES string of the molecule is NCC(=CF)COc1ccc(S(=O)(=O)CC23CCC(C(=O)NC4CCC4)(CC2)C3)cc1. The number of hydrogen-bond donors (Lipinski definition) is 2. The van der Waals surface area contributed by atoms with E-state index in [0.717, 1.165) is 38.5 Å². The van der Waals surface area contributed by atoms with Crippen molar-refractivity contribution in [3.05, 3.63) is 36.2 Å². The highest BCUT2D eigenvalue weighted by Gasteiger charge is 2.59. The monoisotopic (exact) mass is 450 g/mol. The maximum Gasteiger partial charge on any atom is 0.226 e. The molecular weight excluding hydrogens is 419 g/mol. The molecule has 3 aliphatic rings. The Morgan fingerprint density at radius 3 is 2.42 bits per heavy atom. The Morgan fingerprint density at radius 1 is 1.19 bits per heavy atom. The van der Waals surface area contributed by atoms with Gasteiger partial charge in [-0.1, -0.05) is 0 Å². The Balaban J connectivity index is 1.39. The molecule has 0 aliphatic heterocycles. The largest absolute Gasteiger partial charge is 0.489 e. The molecule has 2 bridgehead atoms. The van der Waals surface area contributed by atoms with E-state index < -0.39 is 9.84 Å². The molecule has 0 heterocycles. The van der Waals surface area contributed by atoms with Gasteiger partial charge in [-0.05, 0) is 81.0 Å². The van der Waals surface area contributed by atoms with Crippen molar-refractivity contribution in [2.24, 2.45) is 16.6 Å². The first kappa shape index (κ1) is 22.3. The second-order valence-electron chi connectivity index (χ2n) is 9.55. The highest BCUT2D eigenvalue weighted by Crippen LogP contribution is 2.62. The molecule has 0 aromatic heterocycles. The zero-order chi connectivity index (χ0) is 22.1. The number of rotatable bonds is 9. The van der Waals surface area contributed by atoms with Gasteiger partial charge in [0.2, 0.25) is 5.91 Å². The molecule has 4 rings (SSSR count). The third-order valence-corrected chi connectivity index (χ3v) is 9.41. The molecule has 3 N–H and O–H groups in total. The number of nitrogens with one attached hydrogen (secondary N) is 1. The van der Waals surface area contributed by atoms with Gasteiger partial charge in [0.1, 0.15) is 12.4 Å². The van der Waals surface area contributed by atoms with Crippen molar-refractivity contribution in [3.63, 3.8) is 0 Å². The third-order valence-electron chi connectivity index (χ3n) is 7.42. The fourth-order valence-corrected chi connectivity index (χ4v) is 7.18. The zero-order valence-electron chi connectivity index (χ0n) is 17.7. The lowest BCUT2D eigenvalue weighted by molar-refractivity contribution is -0.131. The Hall–Kier alpha value is -1.93. The normalized spacial score (nSPS) is 28.4. The minimum absolute atomic E-state index is 0.0210. The van der Waals surface area contributed by atoms with E-state index in [1.54, 1.807) is 12.1 Å². The van der Waals surface area contributed by atoms with Crippen molar-refractivity contribution < 1.29 is 22.3 Å². The van der Waals surface area contributed by atoms with Gasteiger partial charge in [0.15, 0.2) is 9.84 Å². The molecule has 1 aromatic carbocycles. The standard InChI is InChI=1S/C23H31FN2O4S/c24-12-17(13-25)14-30-19-4-6-20(7-5-19)31(28,29)16-22-8-10-23(15-22,11-9-22)21(27)26-18-2-1-3-18/h4-7,12,18H,1-3,8-11,13-16,25H2,(H,26,27). The van der Waals surface area contributed by atoms with E-state index in [4.69, 9.17) is 10.5 Å². The van der Waals surface area contributed by atoms with Crippen LogP contribution in [-0.4, -0.2) is 39.3 Å². The highest BCUT2D eigenvalue weighted by atomic mass is 32.2. The number of nitrogens with two attached hydrogens (primary N) is 1. The molecule has 170 valence electrons. The van der Waals surface area contributed by atoms with Crippen molar-refractivity contribution in [1.29, 1.82) is 0 Å². The lowest BCUT2D eigenvalue weighted by atomic mass is 9.81. The molecule has 3 fully saturated rings. The second-order valence-corrected chi connectivity index (χ2v) is 11.5. The van der Waals surface area contributed by atoms with Crippen LogP contribution in [-0.2, 0) is 14.6 Å². The Labute approximate surface area is 183 Å². The summed E-state index contributed by atoms with van der Waals surface area (Å²) in [6.07, 6.45) is 7.48. The predicted octanol–water partition coefficient (Wildman–Crippen LogP) is 3.27. The van der Waals surface area contributed by atoms with Crippen LogP contribution in [0, 0.1) is 10.8 Å². The average molecular weight is 451 g/mol. The second kappa shape index (κ2) is 8.54. The Kier molecular flexibility index (Phi) is 6.14. The number of fused-ring (bicyclic) bond motifs is 2. The van der Waals surface area contributed by atoms with Crippen molar-refractivity contribution >= 4 is 15.7 Å². The predicted molar refractivity (Wildman–Crippen MR) is 116 cm³/mol. The minimum Gasteiger partial charge on any atom is -0.489 e. The van der Waals surface area contributed by atoms with E-state index in [0.29, 0.717) is 30.1 Å². The summed E-state index contributed by atoms with van der Waals surface area (Å²) in [5, 5.41) is 3.19. The lowest BCUT2D eigenvalue weighted by Crippen LogP contribution is -2.46. The van der Waals surface area contributed by atoms with Gasteiger partial charge in [-0.25, -0.2) is 12.8 Å². The van der Waals surface area contributed by atoms with E-state index in [2.05, 4.69) is 5.32 Å². The fraction of sp³-hybridized carbons (Fsp3) is 0.609. The quantitative estimate of drug-likeness (QED) is 0.602. The first-order chi connectivity index (χ1) is 14.8. The summed E-state index contributed by atoms with van der Waals surface area (Å²) < 4.78 is 44.3. The van der Waals surface area contributed by atoms with Crippen molar-refractivity contribution in [3.8, 4) is 5.75 Å². The molecule has 31 heavy (non-hydrogen) atoms. The smallest absolute Gasteiger partial charge is 0.226 e. The highest BCUT2D eigenvalue weighted by molar-refractivity contribution is 7.91. The molecule has 3 aliphatic carbocycles. The molecule has 0 spiro atoms. The van der Waals surface area contributed by atoms with Crippen molar-refractivity contribution in [2.75, 3.05) is 18.9 Å². The number of sulfone groups is 1. The number of benzene rings is 1. The first-order valence-electron chi connectivity index (χ1n) is 11.0. The molecule has 6 nitrogen and oxygen atoms in total. The number of ether oxygens (including phenoxy) is 1. The van der Waals surface area contributed by atoms with Gasteiger partial charge in [0.25, 0.3) is 0 Å². The molecule has 8 heteroatoms. The van der Waals surface area contributed by atoms with Crippen LogP contribution in [0.2, 0.25) is 0 Å². The summed E-state index contributed by atoms with van der Waals surface area (Å²) >= 11 is 0. The van der Waals surface area contributed by atoms with E-state index in [1.807, 2.05) is 0 Å². The van der Waals surface area contributed by atoms with E-state index in [1.165, 1.54) is 18.6 Å². The summed E-state index contributed by atoms with van der Waals surface area (Å²) in [6, 6.07) is 6.53. The van der Waals surface area contributed by atoms with Crippen LogP contribution >= 0.6 is 0 Å². The van der Waals surface area contributed by atoms with Crippen LogP contribution in [0.15, 0.2) is 41.1 Å². The van der Waals surface area contributed by atoms with Gasteiger partial charge in [0.05, 0.1) is 17.0 Å². The molecule has 0 unspecified atom stereocenters. The average Bonchev–Trinajstić information content (AvgIpc) is 3.28. The van der Waals surface area contributed by atoms with Crippen molar-refractivity contribution in [1.82, 2.24) is 5.32 Å². The molecule has 0 atom stereocenters. The number of carbonyl (C=O) groups excluding carboxylic acids is 1. The number of halogens is 1. The van der Waals surface area contributed by atoms with Gasteiger partial charge >= 0.3 is 0 Å². The van der Waals surface area contributed by atoms with Crippen LogP contribution in [0.1, 0.15) is 51.4 Å². The van der Waals surface area contributed by atoms with Crippen LogP contribution in [0.5, 0.6) is 5.75 Å². The number of hydrogen-bond acceptors (Lipinski definition) is 5. The van der Waals surface area contributed by atoms with Gasteiger partial charge in [0, 0.05) is 23.6 Å². The summed E-state index contributed by atoms with van der Waals surface area (Å²) in [5.41, 5.74) is 5.03. The van der Waals surface area contributed by atoms with Crippen LogP contribution in [0.4, 0.5) is 4.39 Å². The van der Waals surface area contributed by atoms with Gasteiger partial charge in [-0.3, -0.25) is 4.79 Å². The van der Waals surface area contributed by atoms with Crippen LogP contribution in [0.3, 0.4) is 0 Å². The van der Waals surface area contributed by atoms with E-state index in [-0.39, 0.29) is 40.5 Å². The summed E-state index contributed by atoms with van der Waals surface area (Å²) in [4.78, 5) is 13.1. The zero-order valence-corrected chi connectivity index (χ0v) is 18.6. The van der Waals surface area contributed by atoms with Crippen LogP contribution in [0.25, 0.3) is 0 Å². The molecule has 3 saturated carbocycles. The van der Waals surface area contributed by atoms with Crippen molar-refractivity contribution in [2.45, 2.75) is 62.3 Å². The van der Waals surface area contributed by atoms with E-state index in [9.17, 15) is 17.6 Å². The van der Waals surface area contributed by atoms with Gasteiger partial charge in [-0.15, -0.1) is 0 Å². The van der Waals surface area contributed by atoms with E-state index >= 15 is 0 Å². The van der Waals surface area contributed by atoms with Gasteiger partial charge < -0.3 is 15.8 Å². The Morgan fingerprint density at radius 2 is 1.87 bits per heavy atom. The summed E-state index contributed by atoms with van der Waals surface area (Å²) in [6.45, 7) is 0.0818. The summed E-state index contributed by atoms with van der Waals surface area (Å²) in [7, 11) is -3.49. The third kappa shape index (κ3) is 4.51. The van der Waals surface area contributed by atoms with Gasteiger partial charge in [-0.2, -0.15) is 0 Å². The molecule has 0 saturated heterocycles. The fourth-order valence-electron chi connectivity index (χ4n) is 5.26. The maximum atomic E-state index is 13.1. The molecular formula is C23H31FN2O4S. The first-order valence-corrected chi connectivity index (χ1v) is 12.7. The summed E-state index contributed by atoms with van der Waals surface area (Å²) in [5.74, 6) is 0.661. The number of amides is 1. The lowest BCUT2D eigenvalue weighted by Gasteiger charge is -2.32. The molecule has 1 amide bonds. The Bertz CT molecular complexity index is 946. The maximum absolute atomic E-state index is 13.1. The number of carbonyl (C=O) groups is 1. The molecule has 0 radical (unpaired) electrons. The topological polar surface area (TPSA) is 98.5 Å². The molecule has 1 aromatic rings.